The van der Waals surface area contributed by atoms with Crippen LogP contribution in [0.5, 0.6) is 5.75 Å². The first-order valence-corrected chi connectivity index (χ1v) is 5.91. The second-order valence-electron chi connectivity index (χ2n) is 3.15. The minimum absolute atomic E-state index is 0.0511. The van der Waals surface area contributed by atoms with Crippen molar-refractivity contribution in [2.75, 3.05) is 5.33 Å². The third-order valence-electron chi connectivity index (χ3n) is 2.02. The third kappa shape index (κ3) is 3.46. The number of carbonyl (C=O) groups is 1. The molecule has 98 valence electrons. The normalized spacial score (nSPS) is 10.4. The molecule has 0 radical (unpaired) electrons. The molecule has 1 aromatic carbocycles. The Bertz CT molecular complexity index is 467. The van der Waals surface area contributed by atoms with Gasteiger partial charge in [-0.05, 0) is 6.07 Å². The van der Waals surface area contributed by atoms with Crippen LogP contribution in [0, 0.1) is 10.1 Å². The summed E-state index contributed by atoms with van der Waals surface area (Å²) in [5.74, 6) is -1.11. The number of nitro groups is 1. The van der Waals surface area contributed by atoms with Crippen LogP contribution in [0.4, 0.5) is 14.5 Å². The van der Waals surface area contributed by atoms with Crippen molar-refractivity contribution < 1.29 is 23.2 Å². The van der Waals surface area contributed by atoms with Crippen molar-refractivity contribution in [3.8, 4) is 5.75 Å². The molecule has 1 rings (SSSR count). The molecular formula is C10H8BrF2NO4. The number of hydrogen-bond donors (Lipinski definition) is 0. The van der Waals surface area contributed by atoms with Crippen LogP contribution in [-0.2, 0) is 0 Å². The molecule has 0 aromatic heterocycles. The SMILES string of the molecule is O=C(CCBr)c1c(OC(F)F)cccc1[N+](=O)[O-]. The van der Waals surface area contributed by atoms with E-state index in [0.717, 1.165) is 12.1 Å². The summed E-state index contributed by atoms with van der Waals surface area (Å²) in [6, 6.07) is 3.35. The van der Waals surface area contributed by atoms with Gasteiger partial charge in [-0.3, -0.25) is 14.9 Å². The lowest BCUT2D eigenvalue weighted by molar-refractivity contribution is -0.385. The molecule has 0 amide bonds. The van der Waals surface area contributed by atoms with E-state index in [4.69, 9.17) is 0 Å². The number of ketones is 1. The van der Waals surface area contributed by atoms with Crippen molar-refractivity contribution in [1.82, 2.24) is 0 Å². The number of benzene rings is 1. The van der Waals surface area contributed by atoms with E-state index >= 15 is 0 Å². The van der Waals surface area contributed by atoms with Crippen LogP contribution in [0.2, 0.25) is 0 Å². The molecule has 0 saturated heterocycles. The van der Waals surface area contributed by atoms with Gasteiger partial charge in [0, 0.05) is 17.8 Å². The molecule has 0 atom stereocenters. The van der Waals surface area contributed by atoms with Crippen LogP contribution in [0.25, 0.3) is 0 Å². The van der Waals surface area contributed by atoms with Crippen molar-refractivity contribution in [3.63, 3.8) is 0 Å². The molecular weight excluding hydrogens is 316 g/mol. The van der Waals surface area contributed by atoms with Crippen molar-refractivity contribution in [3.05, 3.63) is 33.9 Å². The molecule has 8 heteroatoms. The summed E-state index contributed by atoms with van der Waals surface area (Å²) in [4.78, 5) is 21.7. The van der Waals surface area contributed by atoms with Gasteiger partial charge >= 0.3 is 6.61 Å². The number of carbonyl (C=O) groups excluding carboxylic acids is 1. The highest BCUT2D eigenvalue weighted by atomic mass is 79.9. The number of ether oxygens (including phenoxy) is 1. The minimum Gasteiger partial charge on any atom is -0.434 e. The molecule has 0 bridgehead atoms. The predicted molar refractivity (Wildman–Crippen MR) is 62.5 cm³/mol. The zero-order valence-corrected chi connectivity index (χ0v) is 10.5. The highest BCUT2D eigenvalue weighted by molar-refractivity contribution is 9.09. The zero-order valence-electron chi connectivity index (χ0n) is 8.94. The van der Waals surface area contributed by atoms with Crippen molar-refractivity contribution in [1.29, 1.82) is 0 Å². The number of nitro benzene ring substituents is 1. The Hall–Kier alpha value is -1.57. The second-order valence-corrected chi connectivity index (χ2v) is 3.94. The maximum Gasteiger partial charge on any atom is 0.387 e. The van der Waals surface area contributed by atoms with Gasteiger partial charge in [0.1, 0.15) is 11.3 Å². The average Bonchev–Trinajstić information content (AvgIpc) is 2.28. The highest BCUT2D eigenvalue weighted by Gasteiger charge is 2.25. The fourth-order valence-corrected chi connectivity index (χ4v) is 1.72. The van der Waals surface area contributed by atoms with Gasteiger partial charge in [0.25, 0.3) is 5.69 Å². The van der Waals surface area contributed by atoms with Gasteiger partial charge in [-0.25, -0.2) is 0 Å². The van der Waals surface area contributed by atoms with E-state index in [1.165, 1.54) is 6.07 Å². The first kappa shape index (κ1) is 14.5. The Balaban J connectivity index is 3.29. The van der Waals surface area contributed by atoms with Crippen LogP contribution in [-0.4, -0.2) is 22.6 Å². The number of halogens is 3. The maximum absolute atomic E-state index is 12.2. The lowest BCUT2D eigenvalue weighted by Crippen LogP contribution is -2.10. The van der Waals surface area contributed by atoms with E-state index in [1.54, 1.807) is 0 Å². The first-order chi connectivity index (χ1) is 8.47. The molecule has 0 aliphatic carbocycles. The Kier molecular flexibility index (Phi) is 5.14. The minimum atomic E-state index is -3.15. The van der Waals surface area contributed by atoms with Gasteiger partial charge in [0.2, 0.25) is 0 Å². The van der Waals surface area contributed by atoms with Gasteiger partial charge in [0.05, 0.1) is 4.92 Å². The third-order valence-corrected chi connectivity index (χ3v) is 2.41. The fraction of sp³-hybridized carbons (Fsp3) is 0.300. The number of Topliss-reactive ketones (excluding diaryl/α,β-unsaturated/α-hetero) is 1. The van der Waals surface area contributed by atoms with Crippen LogP contribution >= 0.6 is 15.9 Å². The van der Waals surface area contributed by atoms with E-state index in [9.17, 15) is 23.7 Å². The van der Waals surface area contributed by atoms with Gasteiger partial charge in [-0.2, -0.15) is 8.78 Å². The summed E-state index contributed by atoms with van der Waals surface area (Å²) < 4.78 is 28.5. The van der Waals surface area contributed by atoms with Gasteiger partial charge in [0.15, 0.2) is 5.78 Å². The summed E-state index contributed by atoms with van der Waals surface area (Å²) in [5.41, 5.74) is -0.971. The fourth-order valence-electron chi connectivity index (χ4n) is 1.36. The lowest BCUT2D eigenvalue weighted by Gasteiger charge is -2.09. The topological polar surface area (TPSA) is 69.4 Å². The summed E-state index contributed by atoms with van der Waals surface area (Å²) in [6.07, 6.45) is -0.0511. The highest BCUT2D eigenvalue weighted by Crippen LogP contribution is 2.30. The number of hydrogen-bond acceptors (Lipinski definition) is 4. The Morgan fingerprint density at radius 2 is 2.17 bits per heavy atom. The Labute approximate surface area is 109 Å². The molecule has 0 unspecified atom stereocenters. The van der Waals surface area contributed by atoms with Crippen LogP contribution < -0.4 is 4.74 Å². The van der Waals surface area contributed by atoms with E-state index in [-0.39, 0.29) is 11.8 Å². The summed E-state index contributed by atoms with van der Waals surface area (Å²) in [6.45, 7) is -3.15. The molecule has 0 heterocycles. The van der Waals surface area contributed by atoms with Gasteiger partial charge in [-0.15, -0.1) is 0 Å². The molecule has 5 nitrogen and oxygen atoms in total. The van der Waals surface area contributed by atoms with Crippen molar-refractivity contribution >= 4 is 27.4 Å². The smallest absolute Gasteiger partial charge is 0.387 e. The Morgan fingerprint density at radius 3 is 2.67 bits per heavy atom. The molecule has 0 fully saturated rings. The summed E-state index contributed by atoms with van der Waals surface area (Å²) in [7, 11) is 0. The maximum atomic E-state index is 12.2. The standard InChI is InChI=1S/C10H8BrF2NO4/c11-5-4-7(15)9-6(14(16)17)2-1-3-8(9)18-10(12)13/h1-3,10H,4-5H2. The molecule has 0 N–H and O–H groups in total. The van der Waals surface area contributed by atoms with Crippen LogP contribution in [0.15, 0.2) is 18.2 Å². The van der Waals surface area contributed by atoms with Crippen LogP contribution in [0.3, 0.4) is 0 Å². The van der Waals surface area contributed by atoms with E-state index in [2.05, 4.69) is 20.7 Å². The van der Waals surface area contributed by atoms with E-state index in [0.29, 0.717) is 0 Å². The molecule has 1 aromatic rings. The Morgan fingerprint density at radius 1 is 1.50 bits per heavy atom. The first-order valence-electron chi connectivity index (χ1n) is 4.78. The number of alkyl halides is 3. The summed E-state index contributed by atoms with van der Waals surface area (Å²) in [5, 5.41) is 11.0. The molecule has 0 aliphatic rings. The summed E-state index contributed by atoms with van der Waals surface area (Å²) >= 11 is 3.00. The van der Waals surface area contributed by atoms with E-state index < -0.39 is 34.3 Å². The lowest BCUT2D eigenvalue weighted by atomic mass is 10.1. The second kappa shape index (κ2) is 6.39. The molecule has 0 aliphatic heterocycles. The number of nitrogens with zero attached hydrogens (tertiary/aromatic N) is 1. The largest absolute Gasteiger partial charge is 0.434 e. The molecule has 0 spiro atoms. The van der Waals surface area contributed by atoms with Crippen LogP contribution in [0.1, 0.15) is 16.8 Å². The predicted octanol–water partition coefficient (Wildman–Crippen LogP) is 3.16. The quantitative estimate of drug-likeness (QED) is 0.349. The van der Waals surface area contributed by atoms with Crippen molar-refractivity contribution in [2.45, 2.75) is 13.0 Å². The zero-order chi connectivity index (χ0) is 13.7. The van der Waals surface area contributed by atoms with Crippen molar-refractivity contribution in [2.24, 2.45) is 0 Å². The number of rotatable bonds is 6. The van der Waals surface area contributed by atoms with Gasteiger partial charge < -0.3 is 4.74 Å². The average molecular weight is 324 g/mol. The molecule has 0 saturated carbocycles. The monoisotopic (exact) mass is 323 g/mol. The molecule has 18 heavy (non-hydrogen) atoms. The van der Waals surface area contributed by atoms with E-state index in [1.807, 2.05) is 0 Å². The van der Waals surface area contributed by atoms with Gasteiger partial charge in [-0.1, -0.05) is 22.0 Å².